The number of amides is 6. The summed E-state index contributed by atoms with van der Waals surface area (Å²) in [5, 5.41) is 20.6. The Balaban J connectivity index is 0.000000147. The van der Waals surface area contributed by atoms with Crippen molar-refractivity contribution in [3.05, 3.63) is 120 Å². The molecule has 0 spiro atoms. The molecular weight excluding hydrogens is 1190 g/mol. The molecule has 6 amide bonds. The van der Waals surface area contributed by atoms with Crippen molar-refractivity contribution in [3.8, 4) is 0 Å². The predicted molar refractivity (Wildman–Crippen MR) is 342 cm³/mol. The standard InChI is InChI=1S/C22H31N5O3S.C21H29N5O3S.C20H26N4O3S/c1-14(2)27-17(13-26(3)4)12-20(24-27)31(29,30)25-22(28)23-21-18-9-5-7-15(18)11-16-8-6-10-19(16)21;1-13(25(2)3)18-12-19(23-26(18)4)30(28,29)24-21(27)22-20-16-9-5-7-14(16)11-15-8-6-10-17(15)20;1-3-6-15-12-18(22-24(15)2)28(26,27)23-20(25)21-19-16-9-4-7-13(16)11-14-8-5-10-17(14)19/h11-12,14H,5-10,13H2,1-4H3,(H2,23,25,28);11-13H,5-10H2,1-4H3,(H2,22,24,27);11-12H,3-10H2,1-2H3,(H2,21,23,25)/t;13-;/m.1./s1. The minimum Gasteiger partial charge on any atom is -0.307 e. The van der Waals surface area contributed by atoms with E-state index in [1.807, 2.05) is 65.7 Å². The Labute approximate surface area is 523 Å². The number of carbonyl (C=O) groups excluding carboxylic acids is 3. The van der Waals surface area contributed by atoms with Crippen LogP contribution in [0.5, 0.6) is 0 Å². The fourth-order valence-electron chi connectivity index (χ4n) is 13.6. The van der Waals surface area contributed by atoms with E-state index in [1.165, 1.54) is 56.3 Å². The van der Waals surface area contributed by atoms with Gasteiger partial charge in [-0.25, -0.2) is 28.5 Å². The average molecular weight is 1280 g/mol. The van der Waals surface area contributed by atoms with Crippen LogP contribution >= 0.6 is 0 Å². The monoisotopic (exact) mass is 1280 g/mol. The van der Waals surface area contributed by atoms with Crippen molar-refractivity contribution >= 4 is 65.2 Å². The zero-order valence-electron chi connectivity index (χ0n) is 52.9. The summed E-state index contributed by atoms with van der Waals surface area (Å²) in [6.45, 7) is 8.42. The van der Waals surface area contributed by atoms with Crippen molar-refractivity contribution < 1.29 is 39.6 Å². The maximum absolute atomic E-state index is 12.9. The number of sulfonamides is 3. The number of aryl methyl sites for hydroxylation is 9. The van der Waals surface area contributed by atoms with Crippen LogP contribution in [0.15, 0.2) is 51.5 Å². The number of rotatable bonds is 16. The largest absolute Gasteiger partial charge is 0.333 e. The SMILES string of the molecule is CC(C)n1nc(S(=O)(=O)NC(=O)Nc2c3c(cc4c2CCC4)CCC3)cc1CN(C)C.CCCc1cc(S(=O)(=O)NC(=O)Nc2c3c(cc4c2CCC4)CCC3)nn1C.C[C@H](c1cc(S(=O)(=O)NC(=O)Nc2c3c(cc4c2CCC4)CCC3)nn1C)N(C)C. The molecule has 3 aromatic heterocycles. The van der Waals surface area contributed by atoms with E-state index in [9.17, 15) is 39.6 Å². The Bertz CT molecular complexity index is 3990. The Morgan fingerprint density at radius 2 is 0.798 bits per heavy atom. The van der Waals surface area contributed by atoms with Gasteiger partial charge >= 0.3 is 18.1 Å². The molecule has 0 saturated carbocycles. The predicted octanol–water partition coefficient (Wildman–Crippen LogP) is 8.40. The van der Waals surface area contributed by atoms with E-state index < -0.39 is 48.2 Å². The molecule has 0 bridgehead atoms. The van der Waals surface area contributed by atoms with Gasteiger partial charge in [-0.2, -0.15) is 40.5 Å². The summed E-state index contributed by atoms with van der Waals surface area (Å²) in [7, 11) is -1.14. The van der Waals surface area contributed by atoms with Crippen molar-refractivity contribution in [3.63, 3.8) is 0 Å². The highest BCUT2D eigenvalue weighted by atomic mass is 32.2. The number of aromatic nitrogens is 6. The molecule has 1 atom stereocenters. The molecule has 6 aliphatic rings. The quantitative estimate of drug-likeness (QED) is 0.0531. The molecule has 0 radical (unpaired) electrons. The summed E-state index contributed by atoms with van der Waals surface area (Å²) in [6, 6.07) is 9.17. The fraction of sp³-hybridized carbons (Fsp3) is 0.524. The van der Waals surface area contributed by atoms with Gasteiger partial charge in [0.1, 0.15) is 0 Å². The van der Waals surface area contributed by atoms with Crippen molar-refractivity contribution in [1.29, 1.82) is 0 Å². The third kappa shape index (κ3) is 14.1. The third-order valence-corrected chi connectivity index (χ3v) is 21.6. The first-order valence-electron chi connectivity index (χ1n) is 31.2. The minimum atomic E-state index is -4.09. The molecular formula is C63H86N14O9S3. The van der Waals surface area contributed by atoms with Gasteiger partial charge in [0.15, 0.2) is 15.1 Å². The van der Waals surface area contributed by atoms with E-state index in [0.717, 1.165) is 196 Å². The van der Waals surface area contributed by atoms with Crippen molar-refractivity contribution in [2.45, 2.75) is 190 Å². The van der Waals surface area contributed by atoms with Crippen LogP contribution < -0.4 is 30.1 Å². The number of urea groups is 3. The molecule has 0 aliphatic heterocycles. The average Bonchev–Trinajstić information content (AvgIpc) is 2.06. The number of nitrogens with one attached hydrogen (secondary N) is 6. The Morgan fingerprint density at radius 3 is 1.12 bits per heavy atom. The van der Waals surface area contributed by atoms with E-state index >= 15 is 0 Å². The van der Waals surface area contributed by atoms with Gasteiger partial charge in [0, 0.05) is 73.7 Å². The lowest BCUT2D eigenvalue weighted by molar-refractivity contribution is 0.255. The molecule has 12 rings (SSSR count). The van der Waals surface area contributed by atoms with Gasteiger partial charge in [0.25, 0.3) is 30.1 Å². The summed E-state index contributed by atoms with van der Waals surface area (Å²) < 4.78 is 87.9. The number of anilines is 3. The molecule has 480 valence electrons. The zero-order chi connectivity index (χ0) is 63.9. The summed E-state index contributed by atoms with van der Waals surface area (Å²) >= 11 is 0. The molecule has 89 heavy (non-hydrogen) atoms. The second kappa shape index (κ2) is 26.4. The van der Waals surface area contributed by atoms with Crippen LogP contribution in [0.25, 0.3) is 0 Å². The number of hydrogen-bond donors (Lipinski definition) is 6. The number of hydrogen-bond acceptors (Lipinski definition) is 14. The molecule has 0 fully saturated rings. The first kappa shape index (κ1) is 64.8. The maximum Gasteiger partial charge on any atom is 0.333 e. The fourth-order valence-corrected chi connectivity index (χ4v) is 16.3. The van der Waals surface area contributed by atoms with Gasteiger partial charge < -0.3 is 25.8 Å². The molecule has 26 heteroatoms. The Kier molecular flexibility index (Phi) is 19.2. The molecule has 23 nitrogen and oxygen atoms in total. The summed E-state index contributed by atoms with van der Waals surface area (Å²) in [5.74, 6) is 0. The maximum atomic E-state index is 12.9. The lowest BCUT2D eigenvalue weighted by atomic mass is 9.99. The zero-order valence-corrected chi connectivity index (χ0v) is 55.4. The first-order valence-corrected chi connectivity index (χ1v) is 35.6. The van der Waals surface area contributed by atoms with Gasteiger partial charge in [-0.05, 0) is 238 Å². The first-order chi connectivity index (χ1) is 42.2. The van der Waals surface area contributed by atoms with Crippen molar-refractivity contribution in [2.75, 3.05) is 44.1 Å². The highest BCUT2D eigenvalue weighted by Crippen LogP contribution is 2.41. The van der Waals surface area contributed by atoms with Crippen LogP contribution in [0.2, 0.25) is 0 Å². The van der Waals surface area contributed by atoms with Gasteiger partial charge in [-0.3, -0.25) is 14.0 Å². The second-order valence-electron chi connectivity index (χ2n) is 25.1. The highest BCUT2D eigenvalue weighted by Gasteiger charge is 2.32. The van der Waals surface area contributed by atoms with Crippen LogP contribution in [0.4, 0.5) is 31.4 Å². The van der Waals surface area contributed by atoms with E-state index in [1.54, 1.807) is 23.5 Å². The summed E-state index contributed by atoms with van der Waals surface area (Å²) in [6.07, 6.45) is 19.6. The molecule has 6 aromatic rings. The van der Waals surface area contributed by atoms with Gasteiger partial charge in [0.2, 0.25) is 0 Å². The van der Waals surface area contributed by atoms with E-state index in [4.69, 9.17) is 0 Å². The van der Waals surface area contributed by atoms with Gasteiger partial charge in [-0.1, -0.05) is 31.5 Å². The van der Waals surface area contributed by atoms with Crippen LogP contribution in [-0.4, -0.2) is 111 Å². The number of carbonyl (C=O) groups is 3. The van der Waals surface area contributed by atoms with Crippen LogP contribution in [0.3, 0.4) is 0 Å². The summed E-state index contributed by atoms with van der Waals surface area (Å²) in [5.41, 5.74) is 19.4. The lowest BCUT2D eigenvalue weighted by Crippen LogP contribution is -2.35. The molecule has 6 aliphatic carbocycles. The third-order valence-electron chi connectivity index (χ3n) is 18.0. The van der Waals surface area contributed by atoms with Crippen LogP contribution in [0, 0.1) is 0 Å². The molecule has 6 N–H and O–H groups in total. The van der Waals surface area contributed by atoms with E-state index in [0.29, 0.717) is 6.54 Å². The Morgan fingerprint density at radius 1 is 0.472 bits per heavy atom. The lowest BCUT2D eigenvalue weighted by Gasteiger charge is -2.19. The van der Waals surface area contributed by atoms with Crippen molar-refractivity contribution in [1.82, 2.24) is 53.3 Å². The molecule has 0 unspecified atom stereocenters. The molecule has 3 aromatic carbocycles. The van der Waals surface area contributed by atoms with Crippen LogP contribution in [0.1, 0.15) is 169 Å². The topological polar surface area (TPSA) is 286 Å². The number of nitrogens with zero attached hydrogens (tertiary/aromatic N) is 8. The smallest absolute Gasteiger partial charge is 0.307 e. The van der Waals surface area contributed by atoms with Gasteiger partial charge in [0.05, 0.1) is 11.4 Å². The van der Waals surface area contributed by atoms with E-state index in [2.05, 4.69) is 63.6 Å². The molecule has 3 heterocycles. The number of benzene rings is 3. The number of fused-ring (bicyclic) bond motifs is 6. The normalized spacial score (nSPS) is 15.7. The second-order valence-corrected chi connectivity index (χ2v) is 30.0. The molecule has 0 saturated heterocycles. The van der Waals surface area contributed by atoms with Crippen LogP contribution in [-0.2, 0) is 134 Å². The van der Waals surface area contributed by atoms with Crippen molar-refractivity contribution in [2.24, 2.45) is 14.1 Å². The summed E-state index contributed by atoms with van der Waals surface area (Å²) in [4.78, 5) is 41.9. The van der Waals surface area contributed by atoms with Gasteiger partial charge in [-0.15, -0.1) is 0 Å². The highest BCUT2D eigenvalue weighted by molar-refractivity contribution is 7.90. The van der Waals surface area contributed by atoms with E-state index in [-0.39, 0.29) is 27.2 Å². The minimum absolute atomic E-state index is 0.00206. The Hall–Kier alpha value is -7.13.